The number of unbranched alkanes of at least 4 members (excludes halogenated alkanes) is 1. The van der Waals surface area contributed by atoms with Crippen LogP contribution in [0.3, 0.4) is 0 Å². The standard InChI is InChI=1S/C22H27N3O4S/c1-2-3-6-21(26)23-18-8-10-19(11-9-18)30(28,29)24-13-16-12-17(15-24)20-5-4-7-22(27)25(20)14-16/h4-5,7-11,16-17H,2-3,6,12-15H2,1H3,(H,23,26)/t16-,17-/m0/s1. The molecule has 7 nitrogen and oxygen atoms in total. The molecule has 2 aliphatic heterocycles. The molecule has 8 heteroatoms. The fourth-order valence-corrected chi connectivity index (χ4v) is 6.03. The third-order valence-electron chi connectivity index (χ3n) is 5.98. The van der Waals surface area contributed by atoms with Crippen LogP contribution in [-0.4, -0.2) is 36.3 Å². The predicted molar refractivity (Wildman–Crippen MR) is 115 cm³/mol. The fourth-order valence-electron chi connectivity index (χ4n) is 4.47. The van der Waals surface area contributed by atoms with E-state index in [2.05, 4.69) is 5.32 Å². The summed E-state index contributed by atoms with van der Waals surface area (Å²) < 4.78 is 29.8. The molecular formula is C22H27N3O4S. The number of piperidine rings is 1. The second-order valence-corrected chi connectivity index (χ2v) is 10.1. The van der Waals surface area contributed by atoms with Gasteiger partial charge in [-0.3, -0.25) is 9.59 Å². The van der Waals surface area contributed by atoms with Crippen LogP contribution in [0.15, 0.2) is 52.2 Å². The number of nitrogens with one attached hydrogen (secondary N) is 1. The van der Waals surface area contributed by atoms with Crippen LogP contribution in [0.25, 0.3) is 0 Å². The summed E-state index contributed by atoms with van der Waals surface area (Å²) in [6.45, 7) is 3.37. The van der Waals surface area contributed by atoms with Gasteiger partial charge in [-0.2, -0.15) is 4.31 Å². The lowest BCUT2D eigenvalue weighted by molar-refractivity contribution is -0.116. The highest BCUT2D eigenvalue weighted by Crippen LogP contribution is 2.37. The number of carbonyl (C=O) groups is 1. The molecule has 1 aromatic heterocycles. The maximum Gasteiger partial charge on any atom is 0.250 e. The number of fused-ring (bicyclic) bond motifs is 4. The highest BCUT2D eigenvalue weighted by molar-refractivity contribution is 7.89. The van der Waals surface area contributed by atoms with E-state index in [4.69, 9.17) is 0 Å². The second kappa shape index (κ2) is 8.35. The van der Waals surface area contributed by atoms with Gasteiger partial charge in [0.25, 0.3) is 5.56 Å². The van der Waals surface area contributed by atoms with Gasteiger partial charge in [0.1, 0.15) is 0 Å². The largest absolute Gasteiger partial charge is 0.326 e. The third-order valence-corrected chi connectivity index (χ3v) is 7.83. The van der Waals surface area contributed by atoms with Crippen molar-refractivity contribution in [1.29, 1.82) is 0 Å². The van der Waals surface area contributed by atoms with Gasteiger partial charge in [-0.25, -0.2) is 8.42 Å². The lowest BCUT2D eigenvalue weighted by Crippen LogP contribution is -2.48. The van der Waals surface area contributed by atoms with Gasteiger partial charge in [0.05, 0.1) is 4.90 Å². The number of anilines is 1. The first kappa shape index (κ1) is 20.8. The third kappa shape index (κ3) is 4.06. The highest BCUT2D eigenvalue weighted by atomic mass is 32.2. The molecule has 1 aromatic carbocycles. The summed E-state index contributed by atoms with van der Waals surface area (Å²) in [5.41, 5.74) is 1.50. The summed E-state index contributed by atoms with van der Waals surface area (Å²) in [4.78, 5) is 24.3. The molecule has 2 aromatic rings. The molecule has 1 N–H and O–H groups in total. The monoisotopic (exact) mass is 429 g/mol. The number of sulfonamides is 1. The molecule has 0 spiro atoms. The van der Waals surface area contributed by atoms with E-state index in [9.17, 15) is 18.0 Å². The maximum absolute atomic E-state index is 13.2. The second-order valence-electron chi connectivity index (χ2n) is 8.20. The van der Waals surface area contributed by atoms with Gasteiger partial charge < -0.3 is 9.88 Å². The molecule has 2 aliphatic rings. The zero-order chi connectivity index (χ0) is 21.3. The molecule has 1 amide bonds. The van der Waals surface area contributed by atoms with Crippen LogP contribution < -0.4 is 10.9 Å². The Hall–Kier alpha value is -2.45. The topological polar surface area (TPSA) is 88.5 Å². The number of pyridine rings is 1. The zero-order valence-corrected chi connectivity index (χ0v) is 17.9. The van der Waals surface area contributed by atoms with Gasteiger partial charge in [0.2, 0.25) is 15.9 Å². The molecule has 160 valence electrons. The van der Waals surface area contributed by atoms with E-state index in [1.54, 1.807) is 45.3 Å². The molecule has 1 fully saturated rings. The summed E-state index contributed by atoms with van der Waals surface area (Å²) in [6.07, 6.45) is 3.13. The van der Waals surface area contributed by atoms with E-state index < -0.39 is 10.0 Å². The number of nitrogens with zero attached hydrogens (tertiary/aromatic N) is 2. The number of rotatable bonds is 6. The van der Waals surface area contributed by atoms with Crippen LogP contribution in [0.5, 0.6) is 0 Å². The molecule has 0 unspecified atom stereocenters. The van der Waals surface area contributed by atoms with Crippen LogP contribution >= 0.6 is 0 Å². The normalized spacial score (nSPS) is 21.1. The molecule has 0 saturated carbocycles. The molecule has 0 aliphatic carbocycles. The number of hydrogen-bond acceptors (Lipinski definition) is 4. The van der Waals surface area contributed by atoms with Gasteiger partial charge >= 0.3 is 0 Å². The number of hydrogen-bond donors (Lipinski definition) is 1. The minimum Gasteiger partial charge on any atom is -0.326 e. The Bertz CT molecular complexity index is 1090. The number of amides is 1. The Morgan fingerprint density at radius 1 is 1.10 bits per heavy atom. The van der Waals surface area contributed by atoms with Crippen molar-refractivity contribution in [3.05, 3.63) is 58.5 Å². The summed E-state index contributed by atoms with van der Waals surface area (Å²) in [7, 11) is -3.64. The van der Waals surface area contributed by atoms with E-state index in [1.807, 2.05) is 13.0 Å². The van der Waals surface area contributed by atoms with E-state index >= 15 is 0 Å². The molecule has 2 atom stereocenters. The van der Waals surface area contributed by atoms with Crippen molar-refractivity contribution in [2.24, 2.45) is 5.92 Å². The lowest BCUT2D eigenvalue weighted by Gasteiger charge is -2.42. The summed E-state index contributed by atoms with van der Waals surface area (Å²) in [6, 6.07) is 11.6. The van der Waals surface area contributed by atoms with Crippen molar-refractivity contribution in [2.45, 2.75) is 50.0 Å². The van der Waals surface area contributed by atoms with E-state index in [0.29, 0.717) is 31.7 Å². The van der Waals surface area contributed by atoms with Gasteiger partial charge in [-0.05, 0) is 49.1 Å². The van der Waals surface area contributed by atoms with Gasteiger partial charge in [-0.1, -0.05) is 19.4 Å². The predicted octanol–water partition coefficient (Wildman–Crippen LogP) is 2.79. The summed E-state index contributed by atoms with van der Waals surface area (Å²) >= 11 is 0. The van der Waals surface area contributed by atoms with E-state index in [1.165, 1.54) is 0 Å². The first-order valence-corrected chi connectivity index (χ1v) is 11.9. The Kier molecular flexibility index (Phi) is 5.79. The van der Waals surface area contributed by atoms with Crippen molar-refractivity contribution in [3.8, 4) is 0 Å². The van der Waals surface area contributed by atoms with Gasteiger partial charge in [0, 0.05) is 49.4 Å². The van der Waals surface area contributed by atoms with E-state index in [0.717, 1.165) is 25.0 Å². The number of carbonyl (C=O) groups excluding carboxylic acids is 1. The molecular weight excluding hydrogens is 402 g/mol. The molecule has 30 heavy (non-hydrogen) atoms. The Morgan fingerprint density at radius 3 is 2.60 bits per heavy atom. The van der Waals surface area contributed by atoms with Crippen LogP contribution in [0.2, 0.25) is 0 Å². The first-order valence-electron chi connectivity index (χ1n) is 10.5. The molecule has 4 rings (SSSR count). The lowest BCUT2D eigenvalue weighted by atomic mass is 9.84. The van der Waals surface area contributed by atoms with Crippen molar-refractivity contribution < 1.29 is 13.2 Å². The van der Waals surface area contributed by atoms with Crippen molar-refractivity contribution >= 4 is 21.6 Å². The Labute approximate surface area is 176 Å². The van der Waals surface area contributed by atoms with Gasteiger partial charge in [0.15, 0.2) is 0 Å². The number of benzene rings is 1. The van der Waals surface area contributed by atoms with Crippen LogP contribution in [0, 0.1) is 5.92 Å². The van der Waals surface area contributed by atoms with Crippen molar-refractivity contribution in [1.82, 2.24) is 8.87 Å². The highest BCUT2D eigenvalue weighted by Gasteiger charge is 2.39. The van der Waals surface area contributed by atoms with E-state index in [-0.39, 0.29) is 28.2 Å². The van der Waals surface area contributed by atoms with Crippen LogP contribution in [0.1, 0.15) is 44.2 Å². The average molecular weight is 430 g/mol. The van der Waals surface area contributed by atoms with Crippen LogP contribution in [0.4, 0.5) is 5.69 Å². The summed E-state index contributed by atoms with van der Waals surface area (Å²) in [5, 5.41) is 2.80. The fraction of sp³-hybridized carbons (Fsp3) is 0.455. The molecule has 1 saturated heterocycles. The summed E-state index contributed by atoms with van der Waals surface area (Å²) in [5.74, 6) is 0.0896. The Balaban J connectivity index is 1.51. The van der Waals surface area contributed by atoms with Gasteiger partial charge in [-0.15, -0.1) is 0 Å². The molecule has 0 radical (unpaired) electrons. The number of aromatic nitrogens is 1. The SMILES string of the molecule is CCCCC(=O)Nc1ccc(S(=O)(=O)N2C[C@@H]3C[C@@H](C2)c2cccc(=O)n2C3)cc1. The van der Waals surface area contributed by atoms with Crippen LogP contribution in [-0.2, 0) is 21.4 Å². The first-order chi connectivity index (χ1) is 14.4. The van der Waals surface area contributed by atoms with Crippen molar-refractivity contribution in [3.63, 3.8) is 0 Å². The minimum absolute atomic E-state index is 0.0184. The smallest absolute Gasteiger partial charge is 0.250 e. The van der Waals surface area contributed by atoms with Crippen molar-refractivity contribution in [2.75, 3.05) is 18.4 Å². The zero-order valence-electron chi connectivity index (χ0n) is 17.1. The Morgan fingerprint density at radius 2 is 1.87 bits per heavy atom. The maximum atomic E-state index is 13.2. The average Bonchev–Trinajstić information content (AvgIpc) is 2.73. The quantitative estimate of drug-likeness (QED) is 0.765. The molecule has 2 bridgehead atoms. The molecule has 3 heterocycles. The minimum atomic E-state index is -3.64.